The molecule has 0 aromatic heterocycles. The molecule has 0 rings (SSSR count). The molecule has 0 saturated heterocycles. The van der Waals surface area contributed by atoms with Gasteiger partial charge in [-0.25, -0.2) is 4.79 Å². The Morgan fingerprint density at radius 3 is 2.07 bits per heavy atom. The second-order valence-corrected chi connectivity index (χ2v) is 3.73. The second-order valence-electron chi connectivity index (χ2n) is 3.73. The van der Waals surface area contributed by atoms with E-state index in [4.69, 9.17) is 14.2 Å². The minimum atomic E-state index is -0.512. The lowest BCUT2D eigenvalue weighted by Crippen LogP contribution is -2.23. The molecule has 82 valence electrons. The molecule has 0 saturated carbocycles. The van der Waals surface area contributed by atoms with Crippen LogP contribution < -0.4 is 0 Å². The SMILES string of the molecule is COC(C=CC(=O)OC(C)(C)C)OC. The average molecular weight is 202 g/mol. The molecule has 0 aliphatic carbocycles. The van der Waals surface area contributed by atoms with Crippen LogP contribution in [0.4, 0.5) is 0 Å². The Kier molecular flexibility index (Phi) is 5.42. The van der Waals surface area contributed by atoms with Crippen LogP contribution in [0.15, 0.2) is 12.2 Å². The predicted octanol–water partition coefficient (Wildman–Crippen LogP) is 1.50. The molecule has 0 N–H and O–H groups in total. The first-order valence-corrected chi connectivity index (χ1v) is 4.36. The Bertz CT molecular complexity index is 199. The topological polar surface area (TPSA) is 44.8 Å². The third-order valence-corrected chi connectivity index (χ3v) is 1.26. The number of rotatable bonds is 4. The van der Waals surface area contributed by atoms with Crippen LogP contribution in [0.25, 0.3) is 0 Å². The van der Waals surface area contributed by atoms with Gasteiger partial charge in [-0.1, -0.05) is 0 Å². The van der Waals surface area contributed by atoms with Crippen LogP contribution in [0.5, 0.6) is 0 Å². The Labute approximate surface area is 84.8 Å². The van der Waals surface area contributed by atoms with Crippen molar-refractivity contribution in [3.8, 4) is 0 Å². The Hall–Kier alpha value is -0.870. The summed E-state index contributed by atoms with van der Waals surface area (Å²) >= 11 is 0. The van der Waals surface area contributed by atoms with E-state index in [0.29, 0.717) is 0 Å². The van der Waals surface area contributed by atoms with Crippen molar-refractivity contribution in [2.75, 3.05) is 14.2 Å². The van der Waals surface area contributed by atoms with Crippen LogP contribution in [0.3, 0.4) is 0 Å². The van der Waals surface area contributed by atoms with Crippen LogP contribution in [0.2, 0.25) is 0 Å². The van der Waals surface area contributed by atoms with E-state index >= 15 is 0 Å². The lowest BCUT2D eigenvalue weighted by molar-refractivity contribution is -0.148. The van der Waals surface area contributed by atoms with Gasteiger partial charge in [0, 0.05) is 20.3 Å². The van der Waals surface area contributed by atoms with E-state index in [2.05, 4.69) is 0 Å². The van der Waals surface area contributed by atoms with Gasteiger partial charge in [-0.3, -0.25) is 0 Å². The summed E-state index contributed by atoms with van der Waals surface area (Å²) in [4.78, 5) is 11.2. The number of carbonyl (C=O) groups is 1. The summed E-state index contributed by atoms with van der Waals surface area (Å²) < 4.78 is 14.8. The zero-order valence-corrected chi connectivity index (χ0v) is 9.37. The van der Waals surface area contributed by atoms with Crippen molar-refractivity contribution < 1.29 is 19.0 Å². The van der Waals surface area contributed by atoms with Gasteiger partial charge in [-0.05, 0) is 26.8 Å². The molecular weight excluding hydrogens is 184 g/mol. The first-order chi connectivity index (χ1) is 6.39. The number of hydrogen-bond acceptors (Lipinski definition) is 4. The third kappa shape index (κ3) is 6.62. The highest BCUT2D eigenvalue weighted by atomic mass is 16.7. The van der Waals surface area contributed by atoms with Gasteiger partial charge in [0.05, 0.1) is 0 Å². The summed E-state index contributed by atoms with van der Waals surface area (Å²) in [5.41, 5.74) is -0.475. The first kappa shape index (κ1) is 13.1. The van der Waals surface area contributed by atoms with E-state index in [0.717, 1.165) is 0 Å². The fourth-order valence-electron chi connectivity index (χ4n) is 0.746. The number of methoxy groups -OCH3 is 2. The Morgan fingerprint density at radius 1 is 1.21 bits per heavy atom. The van der Waals surface area contributed by atoms with Gasteiger partial charge in [-0.15, -0.1) is 0 Å². The lowest BCUT2D eigenvalue weighted by Gasteiger charge is -2.18. The summed E-state index contributed by atoms with van der Waals surface area (Å²) in [6, 6.07) is 0. The van der Waals surface area contributed by atoms with Crippen molar-refractivity contribution in [2.24, 2.45) is 0 Å². The molecule has 0 fully saturated rings. The minimum absolute atomic E-state index is 0.406. The van der Waals surface area contributed by atoms with Gasteiger partial charge >= 0.3 is 5.97 Å². The smallest absolute Gasteiger partial charge is 0.331 e. The molecule has 0 aromatic carbocycles. The molecule has 0 amide bonds. The molecule has 0 aliphatic heterocycles. The molecule has 0 radical (unpaired) electrons. The molecule has 0 bridgehead atoms. The monoisotopic (exact) mass is 202 g/mol. The maximum atomic E-state index is 11.2. The van der Waals surface area contributed by atoms with E-state index in [9.17, 15) is 4.79 Å². The minimum Gasteiger partial charge on any atom is -0.457 e. The molecular formula is C10H18O4. The predicted molar refractivity (Wildman–Crippen MR) is 52.8 cm³/mol. The Balaban J connectivity index is 4.05. The standard InChI is InChI=1S/C10H18O4/c1-10(2,3)14-8(11)6-7-9(12-4)13-5/h6-7,9H,1-5H3. The van der Waals surface area contributed by atoms with E-state index in [1.807, 2.05) is 20.8 Å². The van der Waals surface area contributed by atoms with Gasteiger partial charge in [0.25, 0.3) is 0 Å². The summed E-state index contributed by atoms with van der Waals surface area (Å²) in [5, 5.41) is 0. The second kappa shape index (κ2) is 5.78. The van der Waals surface area contributed by atoms with Gasteiger partial charge in [-0.2, -0.15) is 0 Å². The van der Waals surface area contributed by atoms with E-state index in [-0.39, 0.29) is 0 Å². The van der Waals surface area contributed by atoms with Crippen molar-refractivity contribution in [1.82, 2.24) is 0 Å². The normalized spacial score (nSPS) is 12.4. The van der Waals surface area contributed by atoms with E-state index in [1.54, 1.807) is 0 Å². The summed E-state index contributed by atoms with van der Waals surface area (Å²) in [5.74, 6) is -0.406. The molecule has 14 heavy (non-hydrogen) atoms. The third-order valence-electron chi connectivity index (χ3n) is 1.26. The maximum absolute atomic E-state index is 11.2. The summed E-state index contributed by atoms with van der Waals surface area (Å²) in [7, 11) is 2.99. The molecule has 0 heterocycles. The fourth-order valence-corrected chi connectivity index (χ4v) is 0.746. The van der Waals surface area contributed by atoms with E-state index < -0.39 is 17.9 Å². The Morgan fingerprint density at radius 2 is 1.71 bits per heavy atom. The molecule has 4 heteroatoms. The van der Waals surface area contributed by atoms with E-state index in [1.165, 1.54) is 26.4 Å². The van der Waals surface area contributed by atoms with Crippen LogP contribution in [-0.2, 0) is 19.0 Å². The lowest BCUT2D eigenvalue weighted by atomic mass is 10.2. The molecule has 0 atom stereocenters. The highest BCUT2D eigenvalue weighted by Crippen LogP contribution is 2.07. The van der Waals surface area contributed by atoms with Crippen molar-refractivity contribution in [1.29, 1.82) is 0 Å². The molecule has 0 aliphatic rings. The van der Waals surface area contributed by atoms with Gasteiger partial charge < -0.3 is 14.2 Å². The zero-order valence-electron chi connectivity index (χ0n) is 9.37. The van der Waals surface area contributed by atoms with Crippen LogP contribution in [0.1, 0.15) is 20.8 Å². The van der Waals surface area contributed by atoms with Crippen molar-refractivity contribution in [2.45, 2.75) is 32.7 Å². The maximum Gasteiger partial charge on any atom is 0.331 e. The van der Waals surface area contributed by atoms with Crippen LogP contribution >= 0.6 is 0 Å². The average Bonchev–Trinajstić information content (AvgIpc) is 2.03. The van der Waals surface area contributed by atoms with Crippen molar-refractivity contribution >= 4 is 5.97 Å². The summed E-state index contributed by atoms with van der Waals surface area (Å²) in [6.45, 7) is 5.43. The molecule has 0 aromatic rings. The van der Waals surface area contributed by atoms with Crippen LogP contribution in [0, 0.1) is 0 Å². The van der Waals surface area contributed by atoms with Gasteiger partial charge in [0.1, 0.15) is 5.60 Å². The summed E-state index contributed by atoms with van der Waals surface area (Å²) in [6.07, 6.45) is 2.28. The quantitative estimate of drug-likeness (QED) is 0.394. The first-order valence-electron chi connectivity index (χ1n) is 4.36. The van der Waals surface area contributed by atoms with Gasteiger partial charge in [0.2, 0.25) is 0 Å². The fraction of sp³-hybridized carbons (Fsp3) is 0.700. The molecule has 0 spiro atoms. The zero-order chi connectivity index (χ0) is 11.2. The molecule has 4 nitrogen and oxygen atoms in total. The largest absolute Gasteiger partial charge is 0.457 e. The van der Waals surface area contributed by atoms with Crippen molar-refractivity contribution in [3.63, 3.8) is 0 Å². The number of esters is 1. The van der Waals surface area contributed by atoms with Crippen molar-refractivity contribution in [3.05, 3.63) is 12.2 Å². The van der Waals surface area contributed by atoms with Gasteiger partial charge in [0.15, 0.2) is 6.29 Å². The highest BCUT2D eigenvalue weighted by Gasteiger charge is 2.14. The highest BCUT2D eigenvalue weighted by molar-refractivity contribution is 5.82. The molecule has 0 unspecified atom stereocenters. The number of carbonyl (C=O) groups excluding carboxylic acids is 1. The van der Waals surface area contributed by atoms with Crippen LogP contribution in [-0.4, -0.2) is 32.1 Å². The number of ether oxygens (including phenoxy) is 3. The number of hydrogen-bond donors (Lipinski definition) is 0.